The van der Waals surface area contributed by atoms with E-state index < -0.39 is 70.5 Å². The number of ether oxygens (including phenoxy) is 1. The highest BCUT2D eigenvalue weighted by Gasteiger charge is 2.48. The number of anilines is 1. The number of benzene rings is 2. The number of hydrogen-bond acceptors (Lipinski definition) is 3. The Morgan fingerprint density at radius 3 is 1.79 bits per heavy atom. The average molecular weight is 557 g/mol. The number of halogens is 9. The zero-order chi connectivity index (χ0) is 29.0. The molecule has 0 saturated heterocycles. The molecule has 4 nitrogen and oxygen atoms in total. The minimum atomic E-state index is -5.18. The van der Waals surface area contributed by atoms with Crippen LogP contribution in [0.3, 0.4) is 0 Å². The predicted octanol–water partition coefficient (Wildman–Crippen LogP) is 8.09. The summed E-state index contributed by atoms with van der Waals surface area (Å²) in [5, 5.41) is 11.2. The van der Waals surface area contributed by atoms with Crippen molar-refractivity contribution in [2.45, 2.75) is 76.3 Å². The first-order valence-corrected chi connectivity index (χ1v) is 11.4. The second kappa shape index (κ2) is 9.65. The maximum absolute atomic E-state index is 13.5. The number of rotatable bonds is 3. The summed E-state index contributed by atoms with van der Waals surface area (Å²) in [5.74, 6) is -1.37. The molecule has 0 saturated carbocycles. The number of carbonyl (C=O) groups is 1. The molecule has 1 aliphatic heterocycles. The fourth-order valence-corrected chi connectivity index (χ4v) is 4.48. The van der Waals surface area contributed by atoms with Crippen LogP contribution in [0, 0.1) is 0 Å². The van der Waals surface area contributed by atoms with Gasteiger partial charge in [0.25, 0.3) is 0 Å². The van der Waals surface area contributed by atoms with Gasteiger partial charge in [-0.25, -0.2) is 4.79 Å². The zero-order valence-corrected chi connectivity index (χ0v) is 20.5. The number of alkyl halides is 9. The van der Waals surface area contributed by atoms with Gasteiger partial charge in [0.15, 0.2) is 0 Å². The number of amides is 1. The topological polar surface area (TPSA) is 49.8 Å². The van der Waals surface area contributed by atoms with Crippen molar-refractivity contribution in [2.75, 3.05) is 4.90 Å². The summed E-state index contributed by atoms with van der Waals surface area (Å²) < 4.78 is 126. The van der Waals surface area contributed by atoms with E-state index in [9.17, 15) is 49.4 Å². The van der Waals surface area contributed by atoms with Gasteiger partial charge in [-0.3, -0.25) is 4.90 Å². The number of nitrogens with zero attached hydrogens (tertiary/aromatic N) is 1. The zero-order valence-electron chi connectivity index (χ0n) is 20.5. The standard InChI is InChI=1S/C25H24F9NO3/c1-5-17-19(20(36)12-8-14(24(29,30)31)10-15(9-12)25(32,33)34)16-7-6-13(23(26,27)28)11-18(16)35(17)21(37)38-22(2,3)4/h6-11,17,19-20,36H,5H2,1-4H3/t17-,19-,20?/m1/s1. The highest BCUT2D eigenvalue weighted by molar-refractivity contribution is 5.92. The summed E-state index contributed by atoms with van der Waals surface area (Å²) >= 11 is 0. The predicted molar refractivity (Wildman–Crippen MR) is 118 cm³/mol. The van der Waals surface area contributed by atoms with Crippen LogP contribution in [0.4, 0.5) is 50.0 Å². The lowest BCUT2D eigenvalue weighted by Crippen LogP contribution is -2.43. The van der Waals surface area contributed by atoms with Gasteiger partial charge in [-0.1, -0.05) is 13.0 Å². The number of carbonyl (C=O) groups excluding carboxylic acids is 1. The van der Waals surface area contributed by atoms with Crippen LogP contribution in [-0.4, -0.2) is 22.8 Å². The first-order chi connectivity index (χ1) is 17.1. The fourth-order valence-electron chi connectivity index (χ4n) is 4.48. The molecular weight excluding hydrogens is 533 g/mol. The Morgan fingerprint density at radius 1 is 0.868 bits per heavy atom. The van der Waals surface area contributed by atoms with E-state index >= 15 is 0 Å². The summed E-state index contributed by atoms with van der Waals surface area (Å²) in [5.41, 5.74) is -6.69. The van der Waals surface area contributed by atoms with Gasteiger partial charge >= 0.3 is 24.6 Å². The second-order valence-electron chi connectivity index (χ2n) is 9.91. The summed E-state index contributed by atoms with van der Waals surface area (Å²) in [7, 11) is 0. The third-order valence-electron chi connectivity index (χ3n) is 6.02. The Bertz CT molecular complexity index is 1160. The van der Waals surface area contributed by atoms with Crippen LogP contribution in [0.1, 0.15) is 74.0 Å². The molecule has 1 N–H and O–H groups in total. The summed E-state index contributed by atoms with van der Waals surface area (Å²) in [6, 6.07) is 1.72. The number of fused-ring (bicyclic) bond motifs is 1. The molecule has 3 rings (SSSR count). The number of aliphatic hydroxyl groups is 1. The summed E-state index contributed by atoms with van der Waals surface area (Å²) in [6.07, 6.45) is -18.3. The van der Waals surface area contributed by atoms with Gasteiger partial charge in [-0.2, -0.15) is 39.5 Å². The second-order valence-corrected chi connectivity index (χ2v) is 9.91. The van der Waals surface area contributed by atoms with E-state index in [2.05, 4.69) is 0 Å². The van der Waals surface area contributed by atoms with Crippen molar-refractivity contribution in [3.8, 4) is 0 Å². The number of aliphatic hydroxyl groups excluding tert-OH is 1. The monoisotopic (exact) mass is 557 g/mol. The van der Waals surface area contributed by atoms with Crippen molar-refractivity contribution in [1.29, 1.82) is 0 Å². The lowest BCUT2D eigenvalue weighted by atomic mass is 9.83. The highest BCUT2D eigenvalue weighted by Crippen LogP contribution is 2.51. The van der Waals surface area contributed by atoms with Crippen molar-refractivity contribution in [3.05, 3.63) is 64.2 Å². The first-order valence-electron chi connectivity index (χ1n) is 11.4. The Balaban J connectivity index is 2.22. The number of hydrogen-bond donors (Lipinski definition) is 1. The van der Waals surface area contributed by atoms with E-state index in [0.29, 0.717) is 24.3 Å². The third kappa shape index (κ3) is 6.02. The van der Waals surface area contributed by atoms with Gasteiger partial charge < -0.3 is 9.84 Å². The quantitative estimate of drug-likeness (QED) is 0.388. The van der Waals surface area contributed by atoms with E-state index in [-0.39, 0.29) is 23.7 Å². The van der Waals surface area contributed by atoms with Gasteiger partial charge in [0, 0.05) is 12.0 Å². The molecule has 1 heterocycles. The van der Waals surface area contributed by atoms with E-state index in [0.717, 1.165) is 11.0 Å². The van der Waals surface area contributed by atoms with Crippen LogP contribution >= 0.6 is 0 Å². The van der Waals surface area contributed by atoms with Gasteiger partial charge in [0.05, 0.1) is 28.5 Å². The van der Waals surface area contributed by atoms with Crippen LogP contribution in [0.15, 0.2) is 36.4 Å². The molecule has 2 aromatic carbocycles. The smallest absolute Gasteiger partial charge is 0.416 e. The molecule has 0 bridgehead atoms. The normalized spacial score (nSPS) is 19.4. The molecule has 0 aromatic heterocycles. The maximum atomic E-state index is 13.5. The van der Waals surface area contributed by atoms with Gasteiger partial charge in [-0.15, -0.1) is 0 Å². The van der Waals surface area contributed by atoms with Crippen molar-refractivity contribution in [3.63, 3.8) is 0 Å². The van der Waals surface area contributed by atoms with E-state index in [1.165, 1.54) is 27.7 Å². The van der Waals surface area contributed by atoms with Gasteiger partial charge in [-0.05, 0) is 68.7 Å². The van der Waals surface area contributed by atoms with E-state index in [1.807, 2.05) is 0 Å². The molecule has 1 amide bonds. The van der Waals surface area contributed by atoms with Crippen LogP contribution in [0.25, 0.3) is 0 Å². The van der Waals surface area contributed by atoms with Crippen molar-refractivity contribution < 1.29 is 54.2 Å². The van der Waals surface area contributed by atoms with Gasteiger partial charge in [0.2, 0.25) is 0 Å². The molecule has 0 fully saturated rings. The van der Waals surface area contributed by atoms with E-state index in [1.54, 1.807) is 0 Å². The molecule has 0 radical (unpaired) electrons. The maximum Gasteiger partial charge on any atom is 0.416 e. The minimum Gasteiger partial charge on any atom is -0.443 e. The van der Waals surface area contributed by atoms with Crippen LogP contribution < -0.4 is 4.90 Å². The molecule has 0 spiro atoms. The molecule has 38 heavy (non-hydrogen) atoms. The molecule has 13 heteroatoms. The minimum absolute atomic E-state index is 0.0257. The Labute approximate surface area is 212 Å². The summed E-state index contributed by atoms with van der Waals surface area (Å²) in [6.45, 7) is 6.01. The molecule has 2 aromatic rings. The Kier molecular flexibility index (Phi) is 7.52. The highest BCUT2D eigenvalue weighted by atomic mass is 19.4. The van der Waals surface area contributed by atoms with Crippen molar-refractivity contribution >= 4 is 11.8 Å². The first kappa shape index (κ1) is 29.6. The molecule has 0 aliphatic carbocycles. The largest absolute Gasteiger partial charge is 0.443 e. The Morgan fingerprint density at radius 2 is 1.37 bits per heavy atom. The lowest BCUT2D eigenvalue weighted by molar-refractivity contribution is -0.143. The van der Waals surface area contributed by atoms with E-state index in [4.69, 9.17) is 4.74 Å². The molecule has 1 unspecified atom stereocenters. The van der Waals surface area contributed by atoms with Crippen molar-refractivity contribution in [2.24, 2.45) is 0 Å². The van der Waals surface area contributed by atoms with Crippen LogP contribution in [-0.2, 0) is 23.3 Å². The van der Waals surface area contributed by atoms with Crippen LogP contribution in [0.2, 0.25) is 0 Å². The third-order valence-corrected chi connectivity index (χ3v) is 6.02. The van der Waals surface area contributed by atoms with Gasteiger partial charge in [0.1, 0.15) is 5.60 Å². The Hall–Kier alpha value is -2.96. The van der Waals surface area contributed by atoms with Crippen molar-refractivity contribution in [1.82, 2.24) is 0 Å². The molecule has 3 atom stereocenters. The molecule has 210 valence electrons. The van der Waals surface area contributed by atoms with Crippen LogP contribution in [0.5, 0.6) is 0 Å². The molecular formula is C25H24F9NO3. The summed E-state index contributed by atoms with van der Waals surface area (Å²) in [4.78, 5) is 13.9. The average Bonchev–Trinajstić information content (AvgIpc) is 3.09. The SMILES string of the molecule is CC[C@@H]1[C@H](C(O)c2cc(C(F)(F)F)cc(C(F)(F)F)c2)c2ccc(C(F)(F)F)cc2N1C(=O)OC(C)(C)C. The fraction of sp³-hybridized carbons (Fsp3) is 0.480. The molecule has 1 aliphatic rings. The lowest BCUT2D eigenvalue weighted by Gasteiger charge is -2.32.